The predicted octanol–water partition coefficient (Wildman–Crippen LogP) is 4.08. The van der Waals surface area contributed by atoms with Gasteiger partial charge in [-0.3, -0.25) is 4.79 Å². The third kappa shape index (κ3) is 5.15. The molecule has 21 heavy (non-hydrogen) atoms. The zero-order valence-corrected chi connectivity index (χ0v) is 14.2. The van der Waals surface area contributed by atoms with Crippen LogP contribution in [0.25, 0.3) is 0 Å². The Balaban J connectivity index is 1.86. The van der Waals surface area contributed by atoms with E-state index in [0.29, 0.717) is 10.8 Å². The summed E-state index contributed by atoms with van der Waals surface area (Å²) in [5.41, 5.74) is 2.44. The second-order valence-electron chi connectivity index (χ2n) is 4.09. The first-order chi connectivity index (χ1) is 10.0. The van der Waals surface area contributed by atoms with Crippen LogP contribution in [-0.4, -0.2) is 18.2 Å². The molecule has 0 aliphatic carbocycles. The highest BCUT2D eigenvalue weighted by molar-refractivity contribution is 9.11. The molecular formula is C14H12BrClN2O2S. The molecule has 0 radical (unpaired) electrons. The molecule has 1 atom stereocenters. The summed E-state index contributed by atoms with van der Waals surface area (Å²) in [6.07, 6.45) is 0.912. The Morgan fingerprint density at radius 1 is 1.48 bits per heavy atom. The van der Waals surface area contributed by atoms with Crippen molar-refractivity contribution >= 4 is 51.0 Å². The SMILES string of the molecule is C[C@H](Oc1cccc(Cl)c1)C(=O)NN=Cc1ccc(Br)s1. The van der Waals surface area contributed by atoms with Crippen LogP contribution in [0, 0.1) is 0 Å². The molecule has 1 heterocycles. The van der Waals surface area contributed by atoms with Crippen LogP contribution in [0.1, 0.15) is 11.8 Å². The molecule has 0 unspecified atom stereocenters. The Morgan fingerprint density at radius 2 is 2.29 bits per heavy atom. The van der Waals surface area contributed by atoms with E-state index in [-0.39, 0.29) is 5.91 Å². The average molecular weight is 388 g/mol. The first kappa shape index (κ1) is 16.0. The third-order valence-electron chi connectivity index (χ3n) is 2.44. The van der Waals surface area contributed by atoms with Crippen LogP contribution < -0.4 is 10.2 Å². The van der Waals surface area contributed by atoms with Crippen LogP contribution in [0.2, 0.25) is 5.02 Å². The van der Waals surface area contributed by atoms with Crippen molar-refractivity contribution in [2.75, 3.05) is 0 Å². The lowest BCUT2D eigenvalue weighted by Gasteiger charge is -2.12. The zero-order valence-electron chi connectivity index (χ0n) is 11.0. The van der Waals surface area contributed by atoms with E-state index >= 15 is 0 Å². The summed E-state index contributed by atoms with van der Waals surface area (Å²) in [4.78, 5) is 12.8. The number of carbonyl (C=O) groups is 1. The monoisotopic (exact) mass is 386 g/mol. The van der Waals surface area contributed by atoms with Crippen molar-refractivity contribution in [2.24, 2.45) is 5.10 Å². The maximum atomic E-state index is 11.8. The molecule has 1 aromatic heterocycles. The molecule has 2 rings (SSSR count). The van der Waals surface area contributed by atoms with E-state index in [2.05, 4.69) is 26.5 Å². The number of ether oxygens (including phenoxy) is 1. The number of amides is 1. The Morgan fingerprint density at radius 3 is 2.95 bits per heavy atom. The molecule has 1 aromatic carbocycles. The van der Waals surface area contributed by atoms with Crippen LogP contribution >= 0.6 is 38.9 Å². The van der Waals surface area contributed by atoms with Gasteiger partial charge in [-0.05, 0) is 53.2 Å². The number of hydrogen-bond acceptors (Lipinski definition) is 4. The lowest BCUT2D eigenvalue weighted by molar-refractivity contribution is -0.127. The van der Waals surface area contributed by atoms with Crippen LogP contribution in [0.15, 0.2) is 45.3 Å². The first-order valence-electron chi connectivity index (χ1n) is 6.05. The van der Waals surface area contributed by atoms with E-state index in [0.717, 1.165) is 8.66 Å². The summed E-state index contributed by atoms with van der Waals surface area (Å²) in [5, 5.41) is 4.45. The topological polar surface area (TPSA) is 50.7 Å². The molecule has 0 aliphatic heterocycles. The zero-order chi connectivity index (χ0) is 15.2. The van der Waals surface area contributed by atoms with Crippen molar-refractivity contribution < 1.29 is 9.53 Å². The van der Waals surface area contributed by atoms with Gasteiger partial charge in [-0.1, -0.05) is 17.7 Å². The van der Waals surface area contributed by atoms with Crippen molar-refractivity contribution in [1.82, 2.24) is 5.43 Å². The first-order valence-corrected chi connectivity index (χ1v) is 8.04. The number of hydrazone groups is 1. The molecule has 4 nitrogen and oxygen atoms in total. The summed E-state index contributed by atoms with van der Waals surface area (Å²) in [6, 6.07) is 10.7. The molecule has 110 valence electrons. The summed E-state index contributed by atoms with van der Waals surface area (Å²) in [6.45, 7) is 1.65. The van der Waals surface area contributed by atoms with Gasteiger partial charge in [0, 0.05) is 9.90 Å². The third-order valence-corrected chi connectivity index (χ3v) is 4.23. The van der Waals surface area contributed by atoms with Crippen LogP contribution in [-0.2, 0) is 4.79 Å². The van der Waals surface area contributed by atoms with Gasteiger partial charge in [-0.2, -0.15) is 5.10 Å². The van der Waals surface area contributed by atoms with Gasteiger partial charge in [0.05, 0.1) is 10.0 Å². The second-order valence-corrected chi connectivity index (χ2v) is 7.02. The minimum atomic E-state index is -0.671. The average Bonchev–Trinajstić information content (AvgIpc) is 2.84. The number of benzene rings is 1. The number of hydrogen-bond donors (Lipinski definition) is 1. The lowest BCUT2D eigenvalue weighted by atomic mass is 10.3. The molecule has 2 aromatic rings. The second kappa shape index (κ2) is 7.59. The van der Waals surface area contributed by atoms with Gasteiger partial charge < -0.3 is 4.74 Å². The molecule has 0 saturated carbocycles. The van der Waals surface area contributed by atoms with Gasteiger partial charge in [-0.25, -0.2) is 5.43 Å². The van der Waals surface area contributed by atoms with Crippen LogP contribution in [0.4, 0.5) is 0 Å². The highest BCUT2D eigenvalue weighted by atomic mass is 79.9. The molecule has 7 heteroatoms. The fraction of sp³-hybridized carbons (Fsp3) is 0.143. The molecular weight excluding hydrogens is 376 g/mol. The van der Waals surface area contributed by atoms with Gasteiger partial charge in [-0.15, -0.1) is 11.3 Å². The molecule has 1 amide bonds. The molecule has 0 saturated heterocycles. The van der Waals surface area contributed by atoms with E-state index < -0.39 is 6.10 Å². The van der Waals surface area contributed by atoms with Gasteiger partial charge in [0.15, 0.2) is 6.10 Å². The molecule has 0 aliphatic rings. The van der Waals surface area contributed by atoms with Gasteiger partial charge >= 0.3 is 0 Å². The highest BCUT2D eigenvalue weighted by Crippen LogP contribution is 2.20. The summed E-state index contributed by atoms with van der Waals surface area (Å²) in [5.74, 6) is 0.207. The number of nitrogens with zero attached hydrogens (tertiary/aromatic N) is 1. The van der Waals surface area contributed by atoms with Gasteiger partial charge in [0.1, 0.15) is 5.75 Å². The van der Waals surface area contributed by atoms with Gasteiger partial charge in [0.25, 0.3) is 5.91 Å². The van der Waals surface area contributed by atoms with E-state index in [4.69, 9.17) is 16.3 Å². The van der Waals surface area contributed by atoms with E-state index in [1.807, 2.05) is 12.1 Å². The molecule has 0 bridgehead atoms. The summed E-state index contributed by atoms with van der Waals surface area (Å²) < 4.78 is 6.50. The molecule has 1 N–H and O–H groups in total. The summed E-state index contributed by atoms with van der Waals surface area (Å²) in [7, 11) is 0. The van der Waals surface area contributed by atoms with Crippen molar-refractivity contribution in [3.63, 3.8) is 0 Å². The number of halogens is 2. The molecule has 0 fully saturated rings. The minimum Gasteiger partial charge on any atom is -0.481 e. The maximum Gasteiger partial charge on any atom is 0.280 e. The maximum absolute atomic E-state index is 11.8. The van der Waals surface area contributed by atoms with E-state index in [9.17, 15) is 4.79 Å². The number of rotatable bonds is 5. The number of nitrogens with one attached hydrogen (secondary N) is 1. The van der Waals surface area contributed by atoms with Crippen molar-refractivity contribution in [3.8, 4) is 5.75 Å². The molecule has 0 spiro atoms. The lowest BCUT2D eigenvalue weighted by Crippen LogP contribution is -2.33. The predicted molar refractivity (Wildman–Crippen MR) is 89.3 cm³/mol. The van der Waals surface area contributed by atoms with Crippen LogP contribution in [0.5, 0.6) is 5.75 Å². The van der Waals surface area contributed by atoms with E-state index in [1.54, 1.807) is 37.4 Å². The quantitative estimate of drug-likeness (QED) is 0.621. The van der Waals surface area contributed by atoms with Crippen molar-refractivity contribution in [3.05, 3.63) is 50.1 Å². The van der Waals surface area contributed by atoms with Crippen molar-refractivity contribution in [1.29, 1.82) is 0 Å². The fourth-order valence-corrected chi connectivity index (χ4v) is 2.92. The smallest absolute Gasteiger partial charge is 0.280 e. The Labute approximate surface area is 139 Å². The largest absolute Gasteiger partial charge is 0.481 e. The van der Waals surface area contributed by atoms with Crippen molar-refractivity contribution in [2.45, 2.75) is 13.0 Å². The van der Waals surface area contributed by atoms with E-state index in [1.165, 1.54) is 11.3 Å². The Kier molecular flexibility index (Phi) is 5.78. The minimum absolute atomic E-state index is 0.332. The summed E-state index contributed by atoms with van der Waals surface area (Å²) >= 11 is 10.7. The number of thiophene rings is 1. The number of carbonyl (C=O) groups excluding carboxylic acids is 1. The highest BCUT2D eigenvalue weighted by Gasteiger charge is 2.13. The Hall–Kier alpha value is -1.37. The Bertz CT molecular complexity index is 660. The van der Waals surface area contributed by atoms with Gasteiger partial charge in [0.2, 0.25) is 0 Å². The fourth-order valence-electron chi connectivity index (χ4n) is 1.45. The normalized spacial score (nSPS) is 12.3. The van der Waals surface area contributed by atoms with Crippen LogP contribution in [0.3, 0.4) is 0 Å². The standard InChI is InChI=1S/C14H12BrClN2O2S/c1-9(20-11-4-2-3-10(16)7-11)14(19)18-17-8-12-5-6-13(15)21-12/h2-9H,1H3,(H,18,19)/t9-/m0/s1.